The van der Waals surface area contributed by atoms with Gasteiger partial charge in [0.2, 0.25) is 11.8 Å². The SMILES string of the molecule is CC(=O)N[C@H]1[C@@H](O[C@@H]2[C@H](O)[C@@H](O)[C@@H](O[C@H]3[C@@H](O)[C@@H](C(=O)O)O[C@H](OCCSSCCO[C@H]4O[C@H](C(=O)O)[C@H](O)[C@H](O[C@H]5O[C@H](C(=O)O)[C@H](O[C@H]6O[C@H](C)[C@H](N)[C@H](O)[C@H]6NC(C)=O)[C@H](O)[C@H]5O)[C@H]4O)[C@@H]3O)O[C@@H]2C(=O)O)O[C@H](C)[C@H](N)[C@@H]1O. The summed E-state index contributed by atoms with van der Waals surface area (Å²) >= 11 is 0. The number of aliphatic hydroxyl groups is 10. The van der Waals surface area contributed by atoms with Crippen LogP contribution in [-0.2, 0) is 85.6 Å². The Bertz CT molecular complexity index is 2040. The average Bonchev–Trinajstić information content (AvgIpc) is 2.31. The molecule has 0 aromatic carbocycles. The Balaban J connectivity index is 1.00. The second kappa shape index (κ2) is 29.3. The summed E-state index contributed by atoms with van der Waals surface area (Å²) in [6.07, 6.45) is -50.9. The smallest absolute Gasteiger partial charge is 0.335 e. The Hall–Kier alpha value is -3.44. The van der Waals surface area contributed by atoms with E-state index in [1.807, 2.05) is 0 Å². The fourth-order valence-corrected chi connectivity index (χ4v) is 11.2. The van der Waals surface area contributed by atoms with E-state index < -0.39 is 220 Å². The van der Waals surface area contributed by atoms with E-state index in [9.17, 15) is 100 Å². The van der Waals surface area contributed by atoms with Crippen LogP contribution in [0.4, 0.5) is 0 Å². The number of aliphatic carboxylic acids is 4. The number of carboxylic acids is 4. The van der Waals surface area contributed by atoms with Gasteiger partial charge in [0, 0.05) is 25.4 Å². The molecule has 0 saturated carbocycles. The largest absolute Gasteiger partial charge is 0.479 e. The lowest BCUT2D eigenvalue weighted by Gasteiger charge is -2.48. The van der Waals surface area contributed by atoms with E-state index in [4.69, 9.17) is 68.3 Å². The first-order valence-corrected chi connectivity index (χ1v) is 27.7. The predicted octanol–water partition coefficient (Wildman–Crippen LogP) is -10.1. The lowest BCUT2D eigenvalue weighted by atomic mass is 9.94. The zero-order valence-corrected chi connectivity index (χ0v) is 45.4. The summed E-state index contributed by atoms with van der Waals surface area (Å²) in [5.41, 5.74) is 11.9. The van der Waals surface area contributed by atoms with E-state index in [1.54, 1.807) is 0 Å². The molecule has 0 aliphatic carbocycles. The third kappa shape index (κ3) is 15.6. The first-order valence-electron chi connectivity index (χ1n) is 25.3. The van der Waals surface area contributed by atoms with E-state index in [2.05, 4.69) is 10.6 Å². The first-order chi connectivity index (χ1) is 38.5. The number of rotatable bonds is 23. The highest BCUT2D eigenvalue weighted by molar-refractivity contribution is 8.76. The predicted molar refractivity (Wildman–Crippen MR) is 261 cm³/mol. The van der Waals surface area contributed by atoms with Crippen LogP contribution in [0.15, 0.2) is 0 Å². The molecule has 82 heavy (non-hydrogen) atoms. The number of carbonyl (C=O) groups is 6. The molecule has 30 atom stereocenters. The van der Waals surface area contributed by atoms with Gasteiger partial charge in [-0.2, -0.15) is 0 Å². The van der Waals surface area contributed by atoms with Gasteiger partial charge < -0.3 is 150 Å². The number of nitrogens with two attached hydrogens (primary N) is 2. The molecular weight excluding hydrogens is 1160 g/mol. The molecule has 2 amide bonds. The van der Waals surface area contributed by atoms with Gasteiger partial charge in [0.05, 0.1) is 49.7 Å². The molecule has 470 valence electrons. The molecule has 6 fully saturated rings. The van der Waals surface area contributed by atoms with Gasteiger partial charge in [0.15, 0.2) is 62.2 Å². The molecule has 0 aromatic heterocycles. The average molecular weight is 1230 g/mol. The number of aliphatic hydroxyl groups excluding tert-OH is 10. The molecule has 20 N–H and O–H groups in total. The number of hydrogen-bond acceptors (Lipinski definition) is 32. The topological polar surface area (TPSA) is 572 Å². The van der Waals surface area contributed by atoms with Crippen LogP contribution in [0.1, 0.15) is 27.7 Å². The molecule has 0 aromatic rings. The van der Waals surface area contributed by atoms with Gasteiger partial charge in [-0.25, -0.2) is 19.2 Å². The van der Waals surface area contributed by atoms with Gasteiger partial charge in [0.25, 0.3) is 0 Å². The third-order valence-corrected chi connectivity index (χ3v) is 16.3. The van der Waals surface area contributed by atoms with Crippen molar-refractivity contribution in [3.05, 3.63) is 0 Å². The molecule has 0 unspecified atom stereocenters. The zero-order valence-electron chi connectivity index (χ0n) is 43.7. The normalized spacial score (nSPS) is 45.4. The van der Waals surface area contributed by atoms with Crippen molar-refractivity contribution in [2.75, 3.05) is 24.7 Å². The summed E-state index contributed by atoms with van der Waals surface area (Å²) in [7, 11) is 2.16. The van der Waals surface area contributed by atoms with Crippen molar-refractivity contribution < 1.29 is 157 Å². The lowest BCUT2D eigenvalue weighted by molar-refractivity contribution is -0.364. The molecule has 0 radical (unpaired) electrons. The summed E-state index contributed by atoms with van der Waals surface area (Å²) in [6, 6.07) is -4.91. The molecule has 0 spiro atoms. The summed E-state index contributed by atoms with van der Waals surface area (Å²) in [5.74, 6) is -8.44. The molecular formula is C44H70N4O32S2. The maximum Gasteiger partial charge on any atom is 0.335 e. The quantitative estimate of drug-likeness (QED) is 0.0334. The molecule has 38 heteroatoms. The highest BCUT2D eigenvalue weighted by atomic mass is 33.1. The van der Waals surface area contributed by atoms with Gasteiger partial charge in [-0.1, -0.05) is 21.6 Å². The van der Waals surface area contributed by atoms with Crippen molar-refractivity contribution in [3.63, 3.8) is 0 Å². The van der Waals surface area contributed by atoms with Crippen molar-refractivity contribution in [2.24, 2.45) is 11.5 Å². The number of hydrogen-bond donors (Lipinski definition) is 18. The summed E-state index contributed by atoms with van der Waals surface area (Å²) in [4.78, 5) is 73.1. The summed E-state index contributed by atoms with van der Waals surface area (Å²) in [5, 5.41) is 155. The Morgan fingerprint density at radius 3 is 1.01 bits per heavy atom. The number of ether oxygens (including phenoxy) is 12. The summed E-state index contributed by atoms with van der Waals surface area (Å²) in [6.45, 7) is 4.43. The molecule has 6 rings (SSSR count). The summed E-state index contributed by atoms with van der Waals surface area (Å²) < 4.78 is 66.3. The van der Waals surface area contributed by atoms with Gasteiger partial charge in [0.1, 0.15) is 85.3 Å². The molecule has 0 bridgehead atoms. The van der Waals surface area contributed by atoms with E-state index in [0.29, 0.717) is 0 Å². The van der Waals surface area contributed by atoms with E-state index in [-0.39, 0.29) is 24.7 Å². The second-order valence-electron chi connectivity index (χ2n) is 19.8. The van der Waals surface area contributed by atoms with Gasteiger partial charge in [-0.3, -0.25) is 9.59 Å². The van der Waals surface area contributed by atoms with Crippen molar-refractivity contribution in [2.45, 2.75) is 212 Å². The van der Waals surface area contributed by atoms with Gasteiger partial charge in [-0.05, 0) is 13.8 Å². The molecule has 6 saturated heterocycles. The maximum absolute atomic E-state index is 12.5. The fraction of sp³-hybridized carbons (Fsp3) is 0.864. The third-order valence-electron chi connectivity index (χ3n) is 13.9. The van der Waals surface area contributed by atoms with Crippen LogP contribution in [0.25, 0.3) is 0 Å². The van der Waals surface area contributed by atoms with Crippen LogP contribution in [-0.4, -0.2) is 316 Å². The van der Waals surface area contributed by atoms with Crippen LogP contribution < -0.4 is 22.1 Å². The van der Waals surface area contributed by atoms with Crippen LogP contribution in [0.3, 0.4) is 0 Å². The Kier molecular flexibility index (Phi) is 24.2. The van der Waals surface area contributed by atoms with Crippen LogP contribution in [0.5, 0.6) is 0 Å². The van der Waals surface area contributed by atoms with Gasteiger partial charge >= 0.3 is 23.9 Å². The maximum atomic E-state index is 12.5. The van der Waals surface area contributed by atoms with Crippen molar-refractivity contribution in [3.8, 4) is 0 Å². The monoisotopic (exact) mass is 1230 g/mol. The van der Waals surface area contributed by atoms with E-state index in [0.717, 1.165) is 35.4 Å². The minimum Gasteiger partial charge on any atom is -0.479 e. The number of nitrogens with one attached hydrogen (secondary N) is 2. The van der Waals surface area contributed by atoms with E-state index in [1.165, 1.54) is 13.8 Å². The Morgan fingerprint density at radius 1 is 0.402 bits per heavy atom. The van der Waals surface area contributed by atoms with E-state index >= 15 is 0 Å². The number of amides is 2. The minimum atomic E-state index is -2.24. The van der Waals surface area contributed by atoms with Crippen LogP contribution in [0.2, 0.25) is 0 Å². The minimum absolute atomic E-state index is 0.0417. The van der Waals surface area contributed by atoms with Crippen molar-refractivity contribution in [1.29, 1.82) is 0 Å². The molecule has 6 aliphatic heterocycles. The molecule has 6 aliphatic rings. The standard InChI is InChI=1S/C44H70N4O32S2/c1-9-13(45)17(51)15(47-11(3)49)39(71-9)75-29-19(53)21(55)43(79-33(29)37(65)66)73-27-23(57)31(35(61)62)77-41(25(27)59)69-5-7-81-82-8-6-70-42-26(60)28(24(58)32(78-42)36(63)64)74-44-22(56)20(54)30(34(80-44)38(67)68)76-40-16(48-12(4)50)18(52)14(46)10(2)72-40/h9-10,13-34,39-44,51-60H,5-8,45-46H2,1-4H3,(H,47,49)(H,48,50)(H,61,62)(H,63,64)(H,65,66)(H,67,68)/t9-,10-,13+,14+,15-,16-,17+,18+,19-,20-,21-,22-,23-,24-,25-,26-,27+,28+,29-,30-,31+,32+,33+,34+,39-,40-,41+,42+,43+,44+/m1/s1. The first kappa shape index (κ1) is 67.7. The molecule has 6 heterocycles. The number of carboxylic acid groups (broad SMARTS) is 4. The van der Waals surface area contributed by atoms with Crippen LogP contribution >= 0.6 is 21.6 Å². The molecule has 36 nitrogen and oxygen atoms in total. The van der Waals surface area contributed by atoms with Crippen molar-refractivity contribution >= 4 is 57.3 Å². The Labute approximate surface area is 471 Å². The van der Waals surface area contributed by atoms with Gasteiger partial charge in [-0.15, -0.1) is 0 Å². The number of carbonyl (C=O) groups excluding carboxylic acids is 2. The Morgan fingerprint density at radius 2 is 0.707 bits per heavy atom. The lowest BCUT2D eigenvalue weighted by Crippen LogP contribution is -2.69. The zero-order chi connectivity index (χ0) is 60.9. The second-order valence-corrected chi connectivity index (χ2v) is 22.5. The highest BCUT2D eigenvalue weighted by Gasteiger charge is 2.58. The fourth-order valence-electron chi connectivity index (χ4n) is 9.55. The van der Waals surface area contributed by atoms with Crippen LogP contribution in [0, 0.1) is 0 Å². The highest BCUT2D eigenvalue weighted by Crippen LogP contribution is 2.36. The van der Waals surface area contributed by atoms with Crippen molar-refractivity contribution in [1.82, 2.24) is 10.6 Å².